The van der Waals surface area contributed by atoms with Gasteiger partial charge in [0.15, 0.2) is 0 Å². The topological polar surface area (TPSA) is 36.1 Å². The number of nitrogens with one attached hydrogen (secondary N) is 1. The van der Waals surface area contributed by atoms with E-state index in [1.807, 2.05) is 0 Å². The van der Waals surface area contributed by atoms with Gasteiger partial charge in [0.25, 0.3) is 0 Å². The molecule has 4 saturated carbocycles. The van der Waals surface area contributed by atoms with Crippen LogP contribution in [0.2, 0.25) is 0 Å². The first-order valence-electron chi connectivity index (χ1n) is 10.1. The van der Waals surface area contributed by atoms with Gasteiger partial charge in [0.05, 0.1) is 5.41 Å². The van der Waals surface area contributed by atoms with Crippen LogP contribution in [0.25, 0.3) is 10.9 Å². The summed E-state index contributed by atoms with van der Waals surface area (Å²) >= 11 is 0. The third-order valence-corrected chi connectivity index (χ3v) is 7.66. The molecule has 3 nitrogen and oxygen atoms in total. The molecule has 4 fully saturated rings. The minimum Gasteiger partial charge on any atom is -0.358 e. The van der Waals surface area contributed by atoms with Crippen molar-refractivity contribution in [2.75, 3.05) is 6.54 Å². The lowest BCUT2D eigenvalue weighted by Gasteiger charge is -2.56. The highest BCUT2D eigenvalue weighted by Crippen LogP contribution is 2.60. The minimum absolute atomic E-state index is 0.00162. The largest absolute Gasteiger partial charge is 0.358 e. The Labute approximate surface area is 148 Å². The molecule has 4 bridgehead atoms. The Hall–Kier alpha value is -1.77. The lowest BCUT2D eigenvalue weighted by molar-refractivity contribution is -0.158. The Balaban J connectivity index is 1.33. The van der Waals surface area contributed by atoms with Gasteiger partial charge in [0, 0.05) is 41.7 Å². The van der Waals surface area contributed by atoms with Crippen LogP contribution in [-0.2, 0) is 17.8 Å². The number of fused-ring (bicyclic) bond motifs is 3. The molecule has 1 amide bonds. The lowest BCUT2D eigenvalue weighted by Crippen LogP contribution is -2.55. The van der Waals surface area contributed by atoms with Crippen LogP contribution in [0.1, 0.15) is 49.8 Å². The van der Waals surface area contributed by atoms with E-state index in [4.69, 9.17) is 0 Å². The van der Waals surface area contributed by atoms with Crippen molar-refractivity contribution in [2.24, 2.45) is 23.2 Å². The second-order valence-corrected chi connectivity index (χ2v) is 9.30. The van der Waals surface area contributed by atoms with Crippen LogP contribution in [0.3, 0.4) is 0 Å². The number of hydrogen-bond donors (Lipinski definition) is 1. The smallest absolute Gasteiger partial charge is 0.229 e. The molecule has 2 heterocycles. The van der Waals surface area contributed by atoms with E-state index in [0.717, 1.165) is 37.3 Å². The number of H-pyrrole nitrogens is 1. The molecule has 5 aliphatic rings. The number of nitrogens with zero attached hydrogens (tertiary/aromatic N) is 1. The molecule has 25 heavy (non-hydrogen) atoms. The van der Waals surface area contributed by atoms with Crippen molar-refractivity contribution in [3.05, 3.63) is 35.5 Å². The summed E-state index contributed by atoms with van der Waals surface area (Å²) in [7, 11) is 0. The summed E-state index contributed by atoms with van der Waals surface area (Å²) in [5.41, 5.74) is 3.92. The standard InChI is InChI=1S/C22H26N2O/c25-21(22-10-14-7-15(11-22)9-16(8-14)12-22)24-6-5-20-18(13-24)17-3-1-2-4-19(17)23-20/h1-4,14-16,23H,5-13H2. The molecule has 1 aromatic heterocycles. The predicted octanol–water partition coefficient (Wildman–Crippen LogP) is 4.27. The number of para-hydroxylation sites is 1. The average molecular weight is 334 g/mol. The molecule has 0 radical (unpaired) electrons. The number of carbonyl (C=O) groups excluding carboxylic acids is 1. The maximum Gasteiger partial charge on any atom is 0.229 e. The van der Waals surface area contributed by atoms with Crippen molar-refractivity contribution < 1.29 is 4.79 Å². The molecule has 0 unspecified atom stereocenters. The van der Waals surface area contributed by atoms with Gasteiger partial charge < -0.3 is 9.88 Å². The molecule has 0 spiro atoms. The van der Waals surface area contributed by atoms with Crippen molar-refractivity contribution in [2.45, 2.75) is 51.5 Å². The van der Waals surface area contributed by atoms with Crippen LogP contribution in [0.15, 0.2) is 24.3 Å². The number of benzene rings is 1. The fourth-order valence-corrected chi connectivity index (χ4v) is 7.05. The van der Waals surface area contributed by atoms with Crippen LogP contribution >= 0.6 is 0 Å². The summed E-state index contributed by atoms with van der Waals surface area (Å²) in [6.07, 6.45) is 8.71. The average Bonchev–Trinajstić information content (AvgIpc) is 2.98. The van der Waals surface area contributed by atoms with E-state index in [9.17, 15) is 4.79 Å². The lowest BCUT2D eigenvalue weighted by atomic mass is 9.49. The van der Waals surface area contributed by atoms with Gasteiger partial charge in [0.2, 0.25) is 5.91 Å². The third kappa shape index (κ3) is 2.01. The number of carbonyl (C=O) groups is 1. The van der Waals surface area contributed by atoms with Crippen molar-refractivity contribution in [3.8, 4) is 0 Å². The highest BCUT2D eigenvalue weighted by Gasteiger charge is 2.55. The highest BCUT2D eigenvalue weighted by atomic mass is 16.2. The summed E-state index contributed by atoms with van der Waals surface area (Å²) in [6, 6.07) is 8.54. The zero-order valence-corrected chi connectivity index (χ0v) is 14.8. The summed E-state index contributed by atoms with van der Waals surface area (Å²) < 4.78 is 0. The fourth-order valence-electron chi connectivity index (χ4n) is 7.05. The molecule has 1 N–H and O–H groups in total. The first-order valence-corrected chi connectivity index (χ1v) is 10.1. The summed E-state index contributed by atoms with van der Waals surface area (Å²) in [6.45, 7) is 1.69. The minimum atomic E-state index is -0.00162. The number of rotatable bonds is 1. The molecule has 1 aliphatic heterocycles. The van der Waals surface area contributed by atoms with Gasteiger partial charge in [-0.1, -0.05) is 18.2 Å². The summed E-state index contributed by atoms with van der Waals surface area (Å²) in [5.74, 6) is 3.00. The van der Waals surface area contributed by atoms with Gasteiger partial charge in [0.1, 0.15) is 0 Å². The zero-order chi connectivity index (χ0) is 16.6. The van der Waals surface area contributed by atoms with Gasteiger partial charge >= 0.3 is 0 Å². The third-order valence-electron chi connectivity index (χ3n) is 7.66. The van der Waals surface area contributed by atoms with Crippen LogP contribution in [0.5, 0.6) is 0 Å². The highest BCUT2D eigenvalue weighted by molar-refractivity contribution is 5.87. The Morgan fingerprint density at radius 1 is 1.04 bits per heavy atom. The van der Waals surface area contributed by atoms with E-state index < -0.39 is 0 Å². The second-order valence-electron chi connectivity index (χ2n) is 9.30. The van der Waals surface area contributed by atoms with Crippen LogP contribution in [0, 0.1) is 23.2 Å². The molecule has 7 rings (SSSR count). The number of aromatic amines is 1. The van der Waals surface area contributed by atoms with E-state index in [1.165, 1.54) is 60.7 Å². The monoisotopic (exact) mass is 334 g/mol. The molecule has 3 heteroatoms. The molecule has 130 valence electrons. The van der Waals surface area contributed by atoms with E-state index >= 15 is 0 Å². The maximum absolute atomic E-state index is 13.6. The summed E-state index contributed by atoms with van der Waals surface area (Å²) in [5, 5.41) is 1.31. The molecular weight excluding hydrogens is 308 g/mol. The van der Waals surface area contributed by atoms with Gasteiger partial charge in [-0.25, -0.2) is 0 Å². The first-order chi connectivity index (χ1) is 12.2. The molecular formula is C22H26N2O. The van der Waals surface area contributed by atoms with E-state index in [2.05, 4.69) is 34.1 Å². The Bertz CT molecular complexity index is 829. The normalized spacial score (nSPS) is 36.0. The van der Waals surface area contributed by atoms with Crippen LogP contribution in [0.4, 0.5) is 0 Å². The van der Waals surface area contributed by atoms with E-state index in [-0.39, 0.29) is 5.41 Å². The molecule has 0 saturated heterocycles. The van der Waals surface area contributed by atoms with Crippen molar-refractivity contribution in [1.82, 2.24) is 9.88 Å². The number of aromatic nitrogens is 1. The Kier molecular flexibility index (Phi) is 2.82. The first kappa shape index (κ1) is 14.4. The van der Waals surface area contributed by atoms with Gasteiger partial charge in [-0.3, -0.25) is 4.79 Å². The van der Waals surface area contributed by atoms with Crippen LogP contribution < -0.4 is 0 Å². The quantitative estimate of drug-likeness (QED) is 0.831. The predicted molar refractivity (Wildman–Crippen MR) is 98.0 cm³/mol. The van der Waals surface area contributed by atoms with Crippen molar-refractivity contribution >= 4 is 16.8 Å². The molecule has 2 aromatic rings. The second kappa shape index (κ2) is 4.90. The zero-order valence-electron chi connectivity index (χ0n) is 14.8. The Morgan fingerprint density at radius 3 is 2.44 bits per heavy atom. The molecule has 0 atom stereocenters. The van der Waals surface area contributed by atoms with Crippen LogP contribution in [-0.4, -0.2) is 22.3 Å². The van der Waals surface area contributed by atoms with Gasteiger partial charge in [-0.15, -0.1) is 0 Å². The molecule has 4 aliphatic carbocycles. The molecule has 1 aromatic carbocycles. The van der Waals surface area contributed by atoms with E-state index in [0.29, 0.717) is 5.91 Å². The van der Waals surface area contributed by atoms with Gasteiger partial charge in [-0.05, 0) is 62.3 Å². The van der Waals surface area contributed by atoms with Crippen molar-refractivity contribution in [1.29, 1.82) is 0 Å². The fraction of sp³-hybridized carbons (Fsp3) is 0.591. The van der Waals surface area contributed by atoms with E-state index in [1.54, 1.807) is 0 Å². The SMILES string of the molecule is O=C(N1CCc2[nH]c3ccccc3c2C1)C12CC3CC(CC(C3)C1)C2. The number of hydrogen-bond acceptors (Lipinski definition) is 1. The summed E-state index contributed by atoms with van der Waals surface area (Å²) in [4.78, 5) is 19.4. The Morgan fingerprint density at radius 2 is 1.72 bits per heavy atom. The number of amides is 1. The maximum atomic E-state index is 13.6. The van der Waals surface area contributed by atoms with Crippen molar-refractivity contribution in [3.63, 3.8) is 0 Å². The van der Waals surface area contributed by atoms with Gasteiger partial charge in [-0.2, -0.15) is 0 Å².